The molecule has 0 radical (unpaired) electrons. The molecule has 1 aliphatic rings. The van der Waals surface area contributed by atoms with E-state index < -0.39 is 0 Å². The summed E-state index contributed by atoms with van der Waals surface area (Å²) in [6.07, 6.45) is 4.80. The van der Waals surface area contributed by atoms with Crippen LogP contribution in [-0.2, 0) is 4.79 Å². The zero-order valence-corrected chi connectivity index (χ0v) is 12.4. The van der Waals surface area contributed by atoms with Gasteiger partial charge in [0.25, 0.3) is 0 Å². The normalized spacial score (nSPS) is 20.7. The maximum absolute atomic E-state index is 12.0. The molecule has 2 aromatic carbocycles. The van der Waals surface area contributed by atoms with Gasteiger partial charge in [0.05, 0.1) is 0 Å². The highest BCUT2D eigenvalue weighted by atomic mass is 16.1. The molecule has 1 heteroatoms. The van der Waals surface area contributed by atoms with E-state index in [1.165, 1.54) is 11.1 Å². The van der Waals surface area contributed by atoms with Gasteiger partial charge in [-0.1, -0.05) is 61.5 Å². The van der Waals surface area contributed by atoms with Crippen molar-refractivity contribution in [2.45, 2.75) is 26.2 Å². The zero-order chi connectivity index (χ0) is 14.7. The fourth-order valence-corrected chi connectivity index (χ4v) is 2.85. The molecule has 0 amide bonds. The second kappa shape index (κ2) is 6.09. The molecule has 0 aromatic heterocycles. The Kier molecular flexibility index (Phi) is 4.01. The van der Waals surface area contributed by atoms with Gasteiger partial charge in [-0.3, -0.25) is 4.79 Å². The van der Waals surface area contributed by atoms with E-state index in [0.717, 1.165) is 24.0 Å². The number of rotatable bonds is 2. The number of hydrogen-bond acceptors (Lipinski definition) is 1. The summed E-state index contributed by atoms with van der Waals surface area (Å²) in [5.41, 5.74) is 4.54. The van der Waals surface area contributed by atoms with Crippen LogP contribution >= 0.6 is 0 Å². The predicted molar refractivity (Wildman–Crippen MR) is 87.9 cm³/mol. The van der Waals surface area contributed by atoms with E-state index in [0.29, 0.717) is 18.1 Å². The third kappa shape index (κ3) is 3.30. The average Bonchev–Trinajstić information content (AvgIpc) is 2.52. The van der Waals surface area contributed by atoms with Crippen molar-refractivity contribution in [1.29, 1.82) is 0 Å². The van der Waals surface area contributed by atoms with E-state index in [1.54, 1.807) is 0 Å². The minimum atomic E-state index is 0.320. The molecule has 1 nitrogen and oxygen atoms in total. The smallest absolute Gasteiger partial charge is 0.159 e. The molecule has 1 aliphatic carbocycles. The molecule has 1 saturated carbocycles. The van der Waals surface area contributed by atoms with Crippen molar-refractivity contribution in [1.82, 2.24) is 0 Å². The molecule has 0 unspecified atom stereocenters. The average molecular weight is 276 g/mol. The first-order valence-corrected chi connectivity index (χ1v) is 7.61. The lowest BCUT2D eigenvalue weighted by molar-refractivity contribution is -0.117. The van der Waals surface area contributed by atoms with Crippen molar-refractivity contribution < 1.29 is 4.79 Å². The lowest BCUT2D eigenvalue weighted by Crippen LogP contribution is -2.15. The van der Waals surface area contributed by atoms with Crippen LogP contribution in [0.1, 0.15) is 31.7 Å². The molecular weight excluding hydrogens is 256 g/mol. The van der Waals surface area contributed by atoms with Crippen LogP contribution in [0.5, 0.6) is 0 Å². The quantitative estimate of drug-likeness (QED) is 0.695. The number of benzene rings is 2. The standard InChI is InChI=1S/C20H20O/c1-15-7-10-19(20(21)13-15)14-16-8-11-18(12-9-16)17-5-3-2-4-6-17/h2-6,8-9,11-12,14-15H,7,10,13H2,1H3/b19-14+/t15-/m1/s1. The monoisotopic (exact) mass is 276 g/mol. The van der Waals surface area contributed by atoms with Gasteiger partial charge in [0.1, 0.15) is 0 Å². The van der Waals surface area contributed by atoms with Crippen LogP contribution in [0.3, 0.4) is 0 Å². The first kappa shape index (κ1) is 13.8. The third-order valence-corrected chi connectivity index (χ3v) is 4.16. The van der Waals surface area contributed by atoms with Gasteiger partial charge in [0, 0.05) is 6.42 Å². The highest BCUT2D eigenvalue weighted by molar-refractivity contribution is 6.00. The molecule has 2 aromatic rings. The van der Waals surface area contributed by atoms with E-state index in [1.807, 2.05) is 18.2 Å². The number of hydrogen-bond donors (Lipinski definition) is 0. The number of carbonyl (C=O) groups is 1. The minimum Gasteiger partial charge on any atom is -0.295 e. The maximum Gasteiger partial charge on any atom is 0.159 e. The Balaban J connectivity index is 1.80. The molecule has 0 heterocycles. The van der Waals surface area contributed by atoms with Gasteiger partial charge in [-0.05, 0) is 47.1 Å². The van der Waals surface area contributed by atoms with Crippen LogP contribution in [0.2, 0.25) is 0 Å². The van der Waals surface area contributed by atoms with Crippen molar-refractivity contribution in [3.05, 3.63) is 65.7 Å². The summed E-state index contributed by atoms with van der Waals surface area (Å²) in [6, 6.07) is 18.8. The van der Waals surface area contributed by atoms with Crippen LogP contribution in [0.15, 0.2) is 60.2 Å². The van der Waals surface area contributed by atoms with Crippen molar-refractivity contribution >= 4 is 11.9 Å². The molecular formula is C20H20O. The summed E-state index contributed by atoms with van der Waals surface area (Å²) < 4.78 is 0. The van der Waals surface area contributed by atoms with Crippen LogP contribution in [0.4, 0.5) is 0 Å². The zero-order valence-electron chi connectivity index (χ0n) is 12.4. The van der Waals surface area contributed by atoms with E-state index in [4.69, 9.17) is 0 Å². The maximum atomic E-state index is 12.0. The van der Waals surface area contributed by atoms with Crippen LogP contribution in [0.25, 0.3) is 17.2 Å². The van der Waals surface area contributed by atoms with Crippen LogP contribution < -0.4 is 0 Å². The summed E-state index contributed by atoms with van der Waals surface area (Å²) in [5, 5.41) is 0. The molecule has 0 spiro atoms. The number of allylic oxidation sites excluding steroid dienone is 1. The number of ketones is 1. The summed E-state index contributed by atoms with van der Waals surface area (Å²) in [6.45, 7) is 2.16. The summed E-state index contributed by atoms with van der Waals surface area (Å²) in [7, 11) is 0. The number of Topliss-reactive ketones (excluding diaryl/α,β-unsaturated/α-hetero) is 1. The molecule has 1 fully saturated rings. The van der Waals surface area contributed by atoms with Gasteiger partial charge < -0.3 is 0 Å². The van der Waals surface area contributed by atoms with Crippen molar-refractivity contribution in [2.75, 3.05) is 0 Å². The molecule has 0 aliphatic heterocycles. The minimum absolute atomic E-state index is 0.320. The lowest BCUT2D eigenvalue weighted by atomic mass is 9.85. The van der Waals surface area contributed by atoms with Gasteiger partial charge in [0.2, 0.25) is 0 Å². The Morgan fingerprint density at radius 2 is 1.62 bits per heavy atom. The van der Waals surface area contributed by atoms with Crippen molar-refractivity contribution in [3.8, 4) is 11.1 Å². The molecule has 0 bridgehead atoms. The highest BCUT2D eigenvalue weighted by Crippen LogP contribution is 2.27. The third-order valence-electron chi connectivity index (χ3n) is 4.16. The molecule has 1 atom stereocenters. The Bertz CT molecular complexity index is 650. The highest BCUT2D eigenvalue weighted by Gasteiger charge is 2.20. The Morgan fingerprint density at radius 1 is 0.952 bits per heavy atom. The predicted octanol–water partition coefficient (Wildman–Crippen LogP) is 5.13. The summed E-state index contributed by atoms with van der Waals surface area (Å²) in [5.74, 6) is 0.857. The van der Waals surface area contributed by atoms with Gasteiger partial charge in [-0.15, -0.1) is 0 Å². The van der Waals surface area contributed by atoms with E-state index >= 15 is 0 Å². The molecule has 3 rings (SSSR count). The molecule has 106 valence electrons. The van der Waals surface area contributed by atoms with Gasteiger partial charge in [-0.2, -0.15) is 0 Å². The van der Waals surface area contributed by atoms with Crippen LogP contribution in [-0.4, -0.2) is 5.78 Å². The first-order chi connectivity index (χ1) is 10.2. The van der Waals surface area contributed by atoms with Gasteiger partial charge in [-0.25, -0.2) is 0 Å². The summed E-state index contributed by atoms with van der Waals surface area (Å²) in [4.78, 5) is 12.0. The first-order valence-electron chi connectivity index (χ1n) is 7.61. The lowest BCUT2D eigenvalue weighted by Gasteiger charge is -2.19. The van der Waals surface area contributed by atoms with Crippen molar-refractivity contribution in [2.24, 2.45) is 5.92 Å². The Hall–Kier alpha value is -2.15. The largest absolute Gasteiger partial charge is 0.295 e. The SMILES string of the molecule is C[C@@H]1CC/C(=C\c2ccc(-c3ccccc3)cc2)C(=O)C1. The second-order valence-corrected chi connectivity index (χ2v) is 5.93. The van der Waals surface area contributed by atoms with Crippen LogP contribution in [0, 0.1) is 5.92 Å². The van der Waals surface area contributed by atoms with Crippen molar-refractivity contribution in [3.63, 3.8) is 0 Å². The Labute approximate surface area is 126 Å². The van der Waals surface area contributed by atoms with E-state index in [2.05, 4.69) is 49.4 Å². The Morgan fingerprint density at radius 3 is 2.29 bits per heavy atom. The molecule has 0 N–H and O–H groups in total. The van der Waals surface area contributed by atoms with Gasteiger partial charge >= 0.3 is 0 Å². The second-order valence-electron chi connectivity index (χ2n) is 5.93. The topological polar surface area (TPSA) is 17.1 Å². The number of carbonyl (C=O) groups excluding carboxylic acids is 1. The fraction of sp³-hybridized carbons (Fsp3) is 0.250. The van der Waals surface area contributed by atoms with E-state index in [9.17, 15) is 4.79 Å². The molecule has 0 saturated heterocycles. The summed E-state index contributed by atoms with van der Waals surface area (Å²) >= 11 is 0. The van der Waals surface area contributed by atoms with E-state index in [-0.39, 0.29) is 0 Å². The van der Waals surface area contributed by atoms with Gasteiger partial charge in [0.15, 0.2) is 5.78 Å². The fourth-order valence-electron chi connectivity index (χ4n) is 2.85. The molecule has 21 heavy (non-hydrogen) atoms.